The fourth-order valence-corrected chi connectivity index (χ4v) is 2.40. The first-order valence-corrected chi connectivity index (χ1v) is 7.00. The summed E-state index contributed by atoms with van der Waals surface area (Å²) >= 11 is 5.99. The van der Waals surface area contributed by atoms with E-state index >= 15 is 0 Å². The molecule has 2 rings (SSSR count). The Balaban J connectivity index is 2.51. The average molecular weight is 299 g/mol. The van der Waals surface area contributed by atoms with Crippen molar-refractivity contribution >= 4 is 22.8 Å². The molecule has 0 aliphatic rings. The van der Waals surface area contributed by atoms with Crippen LogP contribution in [0.1, 0.15) is 26.6 Å². The SMILES string of the molecule is CCOC(C)(C)Cn1c(CCl)nc2c(OC)ncnc21. The number of aromatic nitrogens is 4. The Bertz CT molecular complexity index is 597. The van der Waals surface area contributed by atoms with Crippen molar-refractivity contribution in [2.24, 2.45) is 0 Å². The van der Waals surface area contributed by atoms with Gasteiger partial charge in [0.1, 0.15) is 12.2 Å². The van der Waals surface area contributed by atoms with Gasteiger partial charge in [0.25, 0.3) is 0 Å². The van der Waals surface area contributed by atoms with E-state index in [1.807, 2.05) is 25.3 Å². The molecule has 0 aromatic carbocycles. The second-order valence-electron chi connectivity index (χ2n) is 5.00. The van der Waals surface area contributed by atoms with Gasteiger partial charge in [-0.2, -0.15) is 4.98 Å². The number of fused-ring (bicyclic) bond motifs is 1. The Morgan fingerprint density at radius 1 is 1.35 bits per heavy atom. The van der Waals surface area contributed by atoms with Crippen molar-refractivity contribution in [2.45, 2.75) is 38.8 Å². The van der Waals surface area contributed by atoms with E-state index in [1.54, 1.807) is 7.11 Å². The van der Waals surface area contributed by atoms with E-state index in [2.05, 4.69) is 15.0 Å². The lowest BCUT2D eigenvalue weighted by molar-refractivity contribution is -0.0221. The van der Waals surface area contributed by atoms with Crippen LogP contribution in [-0.2, 0) is 17.2 Å². The van der Waals surface area contributed by atoms with Gasteiger partial charge in [0, 0.05) is 6.61 Å². The highest BCUT2D eigenvalue weighted by Gasteiger charge is 2.23. The summed E-state index contributed by atoms with van der Waals surface area (Å²) in [7, 11) is 1.56. The zero-order valence-corrected chi connectivity index (χ0v) is 12.9. The molecule has 0 spiro atoms. The summed E-state index contributed by atoms with van der Waals surface area (Å²) in [5, 5.41) is 0. The predicted octanol–water partition coefficient (Wildman–Crippen LogP) is 2.39. The van der Waals surface area contributed by atoms with Crippen LogP contribution in [-0.4, -0.2) is 38.8 Å². The molecule has 0 aliphatic heterocycles. The van der Waals surface area contributed by atoms with Gasteiger partial charge in [-0.15, -0.1) is 11.6 Å². The molecule has 0 amide bonds. The van der Waals surface area contributed by atoms with Gasteiger partial charge in [0.2, 0.25) is 5.88 Å². The number of alkyl halides is 1. The molecule has 0 saturated carbocycles. The van der Waals surface area contributed by atoms with Gasteiger partial charge >= 0.3 is 0 Å². The summed E-state index contributed by atoms with van der Waals surface area (Å²) < 4.78 is 12.9. The molecule has 2 heterocycles. The summed E-state index contributed by atoms with van der Waals surface area (Å²) in [4.78, 5) is 12.8. The number of hydrogen-bond acceptors (Lipinski definition) is 5. The number of halogens is 1. The maximum absolute atomic E-state index is 5.99. The Hall–Kier alpha value is -1.40. The van der Waals surface area contributed by atoms with Gasteiger partial charge in [-0.3, -0.25) is 0 Å². The van der Waals surface area contributed by atoms with Crippen LogP contribution in [0.4, 0.5) is 0 Å². The van der Waals surface area contributed by atoms with E-state index in [9.17, 15) is 0 Å². The van der Waals surface area contributed by atoms with Crippen LogP contribution in [0.2, 0.25) is 0 Å². The van der Waals surface area contributed by atoms with Crippen molar-refractivity contribution in [3.63, 3.8) is 0 Å². The first-order chi connectivity index (χ1) is 9.52. The molecule has 20 heavy (non-hydrogen) atoms. The number of imidazole rings is 1. The van der Waals surface area contributed by atoms with E-state index < -0.39 is 0 Å². The van der Waals surface area contributed by atoms with Crippen LogP contribution in [0.25, 0.3) is 11.2 Å². The second-order valence-corrected chi connectivity index (χ2v) is 5.26. The summed E-state index contributed by atoms with van der Waals surface area (Å²) in [6.45, 7) is 7.28. The van der Waals surface area contributed by atoms with Crippen LogP contribution < -0.4 is 4.74 Å². The Labute approximate surface area is 123 Å². The summed E-state index contributed by atoms with van der Waals surface area (Å²) in [5.74, 6) is 1.48. The molecule has 0 fully saturated rings. The van der Waals surface area contributed by atoms with Crippen molar-refractivity contribution in [1.29, 1.82) is 0 Å². The van der Waals surface area contributed by atoms with Crippen LogP contribution in [0.3, 0.4) is 0 Å². The van der Waals surface area contributed by atoms with Crippen molar-refractivity contribution in [3.05, 3.63) is 12.2 Å². The Morgan fingerprint density at radius 2 is 2.10 bits per heavy atom. The molecular weight excluding hydrogens is 280 g/mol. The molecule has 6 nitrogen and oxygen atoms in total. The lowest BCUT2D eigenvalue weighted by Gasteiger charge is -2.25. The van der Waals surface area contributed by atoms with E-state index in [1.165, 1.54) is 6.33 Å². The zero-order chi connectivity index (χ0) is 14.8. The number of nitrogens with zero attached hydrogens (tertiary/aromatic N) is 4. The van der Waals surface area contributed by atoms with E-state index in [0.29, 0.717) is 36.1 Å². The van der Waals surface area contributed by atoms with Gasteiger partial charge in [-0.1, -0.05) is 0 Å². The summed E-state index contributed by atoms with van der Waals surface area (Å²) in [6.07, 6.45) is 1.46. The van der Waals surface area contributed by atoms with Crippen molar-refractivity contribution < 1.29 is 9.47 Å². The van der Waals surface area contributed by atoms with Crippen LogP contribution in [0.5, 0.6) is 5.88 Å². The first kappa shape index (κ1) is 15.0. The molecule has 0 N–H and O–H groups in total. The molecule has 0 unspecified atom stereocenters. The van der Waals surface area contributed by atoms with Gasteiger partial charge in [-0.05, 0) is 20.8 Å². The molecule has 2 aromatic heterocycles. The van der Waals surface area contributed by atoms with Crippen LogP contribution in [0, 0.1) is 0 Å². The highest BCUT2D eigenvalue weighted by Crippen LogP contribution is 2.25. The minimum atomic E-state index is -0.332. The normalized spacial score (nSPS) is 12.1. The third kappa shape index (κ3) is 2.86. The van der Waals surface area contributed by atoms with Crippen molar-refractivity contribution in [2.75, 3.05) is 13.7 Å². The van der Waals surface area contributed by atoms with Gasteiger partial charge < -0.3 is 14.0 Å². The highest BCUT2D eigenvalue weighted by molar-refractivity contribution is 6.16. The molecular formula is C13H19ClN4O2. The molecule has 7 heteroatoms. The Kier molecular flexibility index (Phi) is 4.45. The maximum atomic E-state index is 5.99. The third-order valence-corrected chi connectivity index (χ3v) is 3.20. The van der Waals surface area contributed by atoms with Gasteiger partial charge in [0.15, 0.2) is 11.2 Å². The lowest BCUT2D eigenvalue weighted by Crippen LogP contribution is -2.31. The number of ether oxygens (including phenoxy) is 2. The zero-order valence-electron chi connectivity index (χ0n) is 12.2. The minimum Gasteiger partial charge on any atom is -0.479 e. The predicted molar refractivity (Wildman–Crippen MR) is 77.1 cm³/mol. The molecule has 110 valence electrons. The molecule has 2 aromatic rings. The molecule has 0 aliphatic carbocycles. The maximum Gasteiger partial charge on any atom is 0.245 e. The quantitative estimate of drug-likeness (QED) is 0.766. The summed E-state index contributed by atoms with van der Waals surface area (Å²) in [6, 6.07) is 0. The molecule has 0 atom stereocenters. The summed E-state index contributed by atoms with van der Waals surface area (Å²) in [5.41, 5.74) is 1.000. The monoisotopic (exact) mass is 298 g/mol. The molecule has 0 bridgehead atoms. The van der Waals surface area contributed by atoms with Crippen molar-refractivity contribution in [3.8, 4) is 5.88 Å². The highest BCUT2D eigenvalue weighted by atomic mass is 35.5. The van der Waals surface area contributed by atoms with Gasteiger partial charge in [-0.25, -0.2) is 9.97 Å². The second kappa shape index (κ2) is 5.93. The number of hydrogen-bond donors (Lipinski definition) is 0. The van der Waals surface area contributed by atoms with E-state index in [0.717, 1.165) is 5.82 Å². The lowest BCUT2D eigenvalue weighted by atomic mass is 10.1. The fraction of sp³-hybridized carbons (Fsp3) is 0.615. The van der Waals surface area contributed by atoms with Gasteiger partial charge in [0.05, 0.1) is 25.1 Å². The van der Waals surface area contributed by atoms with Crippen molar-refractivity contribution in [1.82, 2.24) is 19.5 Å². The average Bonchev–Trinajstić information content (AvgIpc) is 2.76. The fourth-order valence-electron chi connectivity index (χ4n) is 2.20. The van der Waals surface area contributed by atoms with E-state index in [-0.39, 0.29) is 5.60 Å². The third-order valence-electron chi connectivity index (χ3n) is 2.96. The number of methoxy groups -OCH3 is 1. The molecule has 0 saturated heterocycles. The largest absolute Gasteiger partial charge is 0.479 e. The van der Waals surface area contributed by atoms with Crippen LogP contribution >= 0.6 is 11.6 Å². The minimum absolute atomic E-state index is 0.293. The number of rotatable bonds is 6. The van der Waals surface area contributed by atoms with Crippen LogP contribution in [0.15, 0.2) is 6.33 Å². The first-order valence-electron chi connectivity index (χ1n) is 6.46. The Morgan fingerprint density at radius 3 is 2.70 bits per heavy atom. The smallest absolute Gasteiger partial charge is 0.245 e. The van der Waals surface area contributed by atoms with E-state index in [4.69, 9.17) is 21.1 Å². The topological polar surface area (TPSA) is 62.1 Å². The standard InChI is InChI=1S/C13H19ClN4O2/c1-5-20-13(2,3)7-18-9(6-14)17-10-11(18)15-8-16-12(10)19-4/h8H,5-7H2,1-4H3. The molecule has 0 radical (unpaired) electrons.